The van der Waals surface area contributed by atoms with Crippen molar-refractivity contribution in [3.8, 4) is 11.5 Å². The molecule has 2 aromatic carbocycles. The monoisotopic (exact) mass is 402 g/mol. The second-order valence-electron chi connectivity index (χ2n) is 4.49. The Kier molecular flexibility index (Phi) is 4.83. The molecule has 0 aliphatic heterocycles. The standard InChI is InChI=1S/C15H13Br2FO2/c1-8-5-15(11(9(2)19)7-13(8)18)20-14-4-3-10(16)6-12(14)17/h3-7,9,19H,1-2H3/t9-/m0/s1. The topological polar surface area (TPSA) is 29.5 Å². The van der Waals surface area contributed by atoms with Crippen LogP contribution < -0.4 is 4.74 Å². The highest BCUT2D eigenvalue weighted by Crippen LogP contribution is 2.36. The van der Waals surface area contributed by atoms with Crippen LogP contribution in [0.4, 0.5) is 4.39 Å². The van der Waals surface area contributed by atoms with Gasteiger partial charge in [0.1, 0.15) is 17.3 Å². The van der Waals surface area contributed by atoms with Crippen LogP contribution >= 0.6 is 31.9 Å². The van der Waals surface area contributed by atoms with E-state index in [1.54, 1.807) is 26.0 Å². The van der Waals surface area contributed by atoms with Gasteiger partial charge in [-0.1, -0.05) is 15.9 Å². The molecule has 0 radical (unpaired) electrons. The first-order valence-electron chi connectivity index (χ1n) is 5.99. The molecule has 2 aromatic rings. The molecule has 0 bridgehead atoms. The molecule has 0 saturated heterocycles. The zero-order valence-corrected chi connectivity index (χ0v) is 14.1. The Bertz CT molecular complexity index is 642. The lowest BCUT2D eigenvalue weighted by Crippen LogP contribution is -1.99. The van der Waals surface area contributed by atoms with Gasteiger partial charge in [0.2, 0.25) is 0 Å². The quantitative estimate of drug-likeness (QED) is 0.732. The first-order chi connectivity index (χ1) is 9.38. The number of ether oxygens (including phenoxy) is 1. The van der Waals surface area contributed by atoms with Crippen LogP contribution in [0.25, 0.3) is 0 Å². The third kappa shape index (κ3) is 3.40. The van der Waals surface area contributed by atoms with Crippen LogP contribution in [0.3, 0.4) is 0 Å². The normalized spacial score (nSPS) is 12.3. The minimum atomic E-state index is -0.811. The van der Waals surface area contributed by atoms with E-state index in [-0.39, 0.29) is 5.82 Å². The maximum atomic E-state index is 13.6. The molecule has 0 spiro atoms. The zero-order valence-electron chi connectivity index (χ0n) is 11.0. The minimum Gasteiger partial charge on any atom is -0.456 e. The number of hydrogen-bond donors (Lipinski definition) is 1. The molecule has 2 rings (SSSR count). The van der Waals surface area contributed by atoms with Crippen molar-refractivity contribution in [3.05, 3.63) is 56.2 Å². The Morgan fingerprint density at radius 1 is 1.15 bits per heavy atom. The van der Waals surface area contributed by atoms with Gasteiger partial charge >= 0.3 is 0 Å². The average Bonchev–Trinajstić information content (AvgIpc) is 2.36. The van der Waals surface area contributed by atoms with Gasteiger partial charge in [-0.2, -0.15) is 0 Å². The summed E-state index contributed by atoms with van der Waals surface area (Å²) in [4.78, 5) is 0. The molecular formula is C15H13Br2FO2. The van der Waals surface area contributed by atoms with E-state index in [1.807, 2.05) is 12.1 Å². The SMILES string of the molecule is Cc1cc(Oc2ccc(Br)cc2Br)c([C@H](C)O)cc1F. The smallest absolute Gasteiger partial charge is 0.141 e. The fraction of sp³-hybridized carbons (Fsp3) is 0.200. The third-order valence-corrected chi connectivity index (χ3v) is 3.97. The lowest BCUT2D eigenvalue weighted by atomic mass is 10.1. The van der Waals surface area contributed by atoms with Crippen LogP contribution in [-0.4, -0.2) is 5.11 Å². The fourth-order valence-corrected chi connectivity index (χ4v) is 2.89. The molecular weight excluding hydrogens is 391 g/mol. The highest BCUT2D eigenvalue weighted by atomic mass is 79.9. The Balaban J connectivity index is 2.44. The highest BCUT2D eigenvalue weighted by Gasteiger charge is 2.14. The first-order valence-corrected chi connectivity index (χ1v) is 7.58. The third-order valence-electron chi connectivity index (χ3n) is 2.85. The van der Waals surface area contributed by atoms with E-state index < -0.39 is 6.10 Å². The lowest BCUT2D eigenvalue weighted by Gasteiger charge is -2.15. The van der Waals surface area contributed by atoms with Crippen molar-refractivity contribution in [3.63, 3.8) is 0 Å². The molecule has 0 unspecified atom stereocenters. The molecule has 0 fully saturated rings. The van der Waals surface area contributed by atoms with Crippen molar-refractivity contribution in [2.24, 2.45) is 0 Å². The molecule has 0 aliphatic carbocycles. The van der Waals surface area contributed by atoms with Gasteiger partial charge in [-0.25, -0.2) is 4.39 Å². The van der Waals surface area contributed by atoms with Crippen molar-refractivity contribution in [1.29, 1.82) is 0 Å². The van der Waals surface area contributed by atoms with Crippen molar-refractivity contribution >= 4 is 31.9 Å². The van der Waals surface area contributed by atoms with Gasteiger partial charge in [-0.3, -0.25) is 0 Å². The van der Waals surface area contributed by atoms with Gasteiger partial charge in [-0.05, 0) is 65.7 Å². The summed E-state index contributed by atoms with van der Waals surface area (Å²) in [6.07, 6.45) is -0.811. The Labute approximate surface area is 133 Å². The van der Waals surface area contributed by atoms with E-state index in [9.17, 15) is 9.50 Å². The van der Waals surface area contributed by atoms with Gasteiger partial charge < -0.3 is 9.84 Å². The number of aliphatic hydroxyl groups is 1. The highest BCUT2D eigenvalue weighted by molar-refractivity contribution is 9.11. The first kappa shape index (κ1) is 15.5. The van der Waals surface area contributed by atoms with E-state index in [0.717, 1.165) is 8.95 Å². The number of rotatable bonds is 3. The van der Waals surface area contributed by atoms with Crippen LogP contribution in [0.5, 0.6) is 11.5 Å². The summed E-state index contributed by atoms with van der Waals surface area (Å²) in [5, 5.41) is 9.75. The number of halogens is 3. The molecule has 106 valence electrons. The zero-order chi connectivity index (χ0) is 14.9. The summed E-state index contributed by atoms with van der Waals surface area (Å²) in [6.45, 7) is 3.23. The number of aliphatic hydroxyl groups excluding tert-OH is 1. The van der Waals surface area contributed by atoms with Crippen molar-refractivity contribution in [1.82, 2.24) is 0 Å². The van der Waals surface area contributed by atoms with Gasteiger partial charge in [0.25, 0.3) is 0 Å². The second kappa shape index (κ2) is 6.24. The largest absolute Gasteiger partial charge is 0.456 e. The molecule has 0 aromatic heterocycles. The molecule has 0 amide bonds. The van der Waals surface area contributed by atoms with E-state index in [0.29, 0.717) is 22.6 Å². The summed E-state index contributed by atoms with van der Waals surface area (Å²) in [5.41, 5.74) is 0.889. The molecule has 0 aliphatic rings. The minimum absolute atomic E-state index is 0.358. The molecule has 1 atom stereocenters. The number of benzene rings is 2. The maximum absolute atomic E-state index is 13.6. The van der Waals surface area contributed by atoms with Crippen molar-refractivity contribution in [2.45, 2.75) is 20.0 Å². The van der Waals surface area contributed by atoms with Crippen LogP contribution in [0, 0.1) is 12.7 Å². The van der Waals surface area contributed by atoms with E-state index in [1.165, 1.54) is 6.07 Å². The number of hydrogen-bond acceptors (Lipinski definition) is 2. The Hall–Kier alpha value is -0.910. The van der Waals surface area contributed by atoms with Gasteiger partial charge in [0, 0.05) is 10.0 Å². The predicted octanol–water partition coefficient (Wildman–Crippen LogP) is 5.50. The molecule has 0 heterocycles. The van der Waals surface area contributed by atoms with E-state index >= 15 is 0 Å². The summed E-state index contributed by atoms with van der Waals surface area (Å²) < 4.78 is 21.1. The fourth-order valence-electron chi connectivity index (χ4n) is 1.76. The number of aryl methyl sites for hydroxylation is 1. The second-order valence-corrected chi connectivity index (χ2v) is 6.26. The molecule has 20 heavy (non-hydrogen) atoms. The molecule has 0 saturated carbocycles. The van der Waals surface area contributed by atoms with Crippen LogP contribution in [0.15, 0.2) is 39.3 Å². The van der Waals surface area contributed by atoms with Gasteiger partial charge in [-0.15, -0.1) is 0 Å². The van der Waals surface area contributed by atoms with Crippen LogP contribution in [0.1, 0.15) is 24.2 Å². The lowest BCUT2D eigenvalue weighted by molar-refractivity contribution is 0.195. The van der Waals surface area contributed by atoms with E-state index in [4.69, 9.17) is 4.74 Å². The van der Waals surface area contributed by atoms with Crippen molar-refractivity contribution in [2.75, 3.05) is 0 Å². The van der Waals surface area contributed by atoms with E-state index in [2.05, 4.69) is 31.9 Å². The molecule has 1 N–H and O–H groups in total. The summed E-state index contributed by atoms with van der Waals surface area (Å²) >= 11 is 6.77. The van der Waals surface area contributed by atoms with Gasteiger partial charge in [0.05, 0.1) is 10.6 Å². The molecule has 5 heteroatoms. The molecule has 2 nitrogen and oxygen atoms in total. The summed E-state index contributed by atoms with van der Waals surface area (Å²) in [6, 6.07) is 8.39. The Morgan fingerprint density at radius 3 is 2.45 bits per heavy atom. The Morgan fingerprint density at radius 2 is 1.85 bits per heavy atom. The predicted molar refractivity (Wildman–Crippen MR) is 83.7 cm³/mol. The van der Waals surface area contributed by atoms with Crippen LogP contribution in [-0.2, 0) is 0 Å². The summed E-state index contributed by atoms with van der Waals surface area (Å²) in [7, 11) is 0. The average molecular weight is 404 g/mol. The summed E-state index contributed by atoms with van der Waals surface area (Å²) in [5.74, 6) is 0.686. The van der Waals surface area contributed by atoms with Crippen LogP contribution in [0.2, 0.25) is 0 Å². The van der Waals surface area contributed by atoms with Gasteiger partial charge in [0.15, 0.2) is 0 Å². The maximum Gasteiger partial charge on any atom is 0.141 e. The van der Waals surface area contributed by atoms with Crippen molar-refractivity contribution < 1.29 is 14.2 Å².